The smallest absolute Gasteiger partial charge is 0.310 e. The summed E-state index contributed by atoms with van der Waals surface area (Å²) < 4.78 is 19.4. The van der Waals surface area contributed by atoms with Crippen molar-refractivity contribution in [2.75, 3.05) is 26.4 Å². The van der Waals surface area contributed by atoms with Crippen molar-refractivity contribution in [2.24, 2.45) is 56.2 Å². The van der Waals surface area contributed by atoms with E-state index in [-0.39, 0.29) is 66.3 Å². The highest BCUT2D eigenvalue weighted by Crippen LogP contribution is 2.77. The van der Waals surface area contributed by atoms with Crippen LogP contribution in [-0.2, 0) is 25.6 Å². The maximum Gasteiger partial charge on any atom is 0.310 e. The first-order valence-corrected chi connectivity index (χ1v) is 21.2. The Morgan fingerprint density at radius 2 is 1.61 bits per heavy atom. The summed E-state index contributed by atoms with van der Waals surface area (Å²) in [4.78, 5) is 13.4. The molecule has 11 heteroatoms. The maximum atomic E-state index is 13.4. The summed E-state index contributed by atoms with van der Waals surface area (Å²) in [5, 5.41) is 75.3. The molecule has 0 spiro atoms. The van der Waals surface area contributed by atoms with Crippen LogP contribution >= 0.6 is 0 Å². The summed E-state index contributed by atoms with van der Waals surface area (Å²) >= 11 is 0. The number of ether oxygens (including phenoxy) is 3. The van der Waals surface area contributed by atoms with Gasteiger partial charge in [0.25, 0.3) is 0 Å². The molecule has 11 nitrogen and oxygen atoms in total. The van der Waals surface area contributed by atoms with E-state index >= 15 is 0 Å². The molecule has 1 aromatic rings. The molecule has 0 radical (unpaired) electrons. The minimum Gasteiger partial charge on any atom is -0.481 e. The lowest BCUT2D eigenvalue weighted by Crippen LogP contribution is -2.70. The van der Waals surface area contributed by atoms with E-state index in [1.54, 1.807) is 0 Å². The fourth-order valence-electron chi connectivity index (χ4n) is 13.9. The number of aliphatic hydroxyl groups excluding tert-OH is 6. The number of rotatable bonds is 11. The van der Waals surface area contributed by atoms with Crippen LogP contribution in [0.5, 0.6) is 0 Å². The molecule has 7 N–H and O–H groups in total. The fraction of sp³-hybridized carbons (Fsp3) is 0.800. The monoisotopic (exact) mass is 784 g/mol. The molecule has 4 saturated carbocycles. The van der Waals surface area contributed by atoms with E-state index in [2.05, 4.69) is 40.7 Å². The SMILES string of the molecule is C[C@@]1(CO)CC[C@@]2(C(=O)O)CC[C@@]3(C)C(=C[C@@H](CCCO)[C@H]4[C@@]5(C)C[C@@H](OCc6ccccc6)[C@@H](O[C@H]6OC[C@@H](O)[C@H](O)[C@H]6O)[C@@](C)(CO)[C@@H]5CC[C@]43C)[C@@H]2C1. The molecule has 16 atom stereocenters. The number of carboxylic acids is 1. The van der Waals surface area contributed by atoms with Crippen LogP contribution in [0.1, 0.15) is 104 Å². The largest absolute Gasteiger partial charge is 0.481 e. The average molecular weight is 785 g/mol. The number of fused-ring (bicyclic) bond motifs is 7. The van der Waals surface area contributed by atoms with Crippen molar-refractivity contribution in [1.29, 1.82) is 0 Å². The second-order valence-electron chi connectivity index (χ2n) is 20.2. The number of aliphatic hydroxyl groups is 6. The van der Waals surface area contributed by atoms with Gasteiger partial charge in [-0.15, -0.1) is 0 Å². The van der Waals surface area contributed by atoms with Crippen LogP contribution < -0.4 is 0 Å². The Morgan fingerprint density at radius 1 is 0.893 bits per heavy atom. The number of hydrogen-bond acceptors (Lipinski definition) is 10. The lowest BCUT2D eigenvalue weighted by Gasteiger charge is -2.73. The molecule has 7 rings (SSSR count). The minimum atomic E-state index is -1.50. The van der Waals surface area contributed by atoms with Crippen LogP contribution in [0.2, 0.25) is 0 Å². The van der Waals surface area contributed by atoms with Gasteiger partial charge in [-0.3, -0.25) is 4.79 Å². The Bertz CT molecular complexity index is 1600. The lowest BCUT2D eigenvalue weighted by molar-refractivity contribution is -0.334. The highest BCUT2D eigenvalue weighted by molar-refractivity contribution is 5.76. The zero-order valence-corrected chi connectivity index (χ0v) is 34.1. The van der Waals surface area contributed by atoms with E-state index in [0.717, 1.165) is 31.2 Å². The van der Waals surface area contributed by atoms with Gasteiger partial charge in [-0.05, 0) is 115 Å². The van der Waals surface area contributed by atoms with E-state index in [4.69, 9.17) is 14.2 Å². The summed E-state index contributed by atoms with van der Waals surface area (Å²) in [6.07, 6.45) is 2.43. The zero-order chi connectivity index (χ0) is 40.5. The van der Waals surface area contributed by atoms with E-state index in [0.29, 0.717) is 45.1 Å². The second kappa shape index (κ2) is 15.3. The summed E-state index contributed by atoms with van der Waals surface area (Å²) in [5.41, 5.74) is -0.888. The second-order valence-corrected chi connectivity index (χ2v) is 20.2. The molecule has 5 fully saturated rings. The van der Waals surface area contributed by atoms with Gasteiger partial charge in [0.1, 0.15) is 18.3 Å². The van der Waals surface area contributed by atoms with Gasteiger partial charge >= 0.3 is 5.97 Å². The topological polar surface area (TPSA) is 186 Å². The Kier molecular flexibility index (Phi) is 11.5. The molecular weight excluding hydrogens is 716 g/mol. The Balaban J connectivity index is 1.34. The molecule has 0 aromatic heterocycles. The van der Waals surface area contributed by atoms with Gasteiger partial charge in [0.05, 0.1) is 37.4 Å². The Morgan fingerprint density at radius 3 is 2.27 bits per heavy atom. The molecule has 1 heterocycles. The number of carboxylic acid groups (broad SMARTS) is 1. The number of benzene rings is 1. The summed E-state index contributed by atoms with van der Waals surface area (Å²) in [7, 11) is 0. The molecule has 1 saturated heterocycles. The van der Waals surface area contributed by atoms with Gasteiger partial charge in [-0.2, -0.15) is 0 Å². The van der Waals surface area contributed by atoms with Gasteiger partial charge in [0, 0.05) is 18.6 Å². The first-order valence-electron chi connectivity index (χ1n) is 21.2. The Hall–Kier alpha value is -1.93. The van der Waals surface area contributed by atoms with Crippen molar-refractivity contribution in [3.63, 3.8) is 0 Å². The van der Waals surface area contributed by atoms with Crippen LogP contribution in [0.3, 0.4) is 0 Å². The molecule has 6 aliphatic rings. The van der Waals surface area contributed by atoms with Crippen molar-refractivity contribution in [2.45, 2.75) is 142 Å². The van der Waals surface area contributed by atoms with Crippen LogP contribution in [0, 0.1) is 56.2 Å². The standard InChI is InChI=1S/C45H68O11/c1-40(25-47)15-17-45(39(52)53)18-16-43(4)29(30(45)21-40)20-28(12-9-19-46)36-41(2)22-32(54-23-27-10-7-6-8-11-27)37(56-38-35(51)34(50)31(49)24-55-38)42(3,26-48)33(41)13-14-44(36,43)5/h6-8,10-11,20,28,30-38,46-51H,9,12-19,21-26H2,1-5H3,(H,52,53)/t28-,30+,31-,32-,33-,34+,35-,36+,37-,38-,40-,41+,42+,43+,44-,45-/m1/s1. The number of aliphatic carboxylic acids is 1. The van der Waals surface area contributed by atoms with Gasteiger partial charge in [0.15, 0.2) is 6.29 Å². The molecule has 1 aromatic carbocycles. The first-order chi connectivity index (χ1) is 26.5. The van der Waals surface area contributed by atoms with Crippen LogP contribution in [0.25, 0.3) is 0 Å². The van der Waals surface area contributed by atoms with Crippen molar-refractivity contribution in [3.8, 4) is 0 Å². The highest BCUT2D eigenvalue weighted by Gasteiger charge is 2.72. The normalized spacial score (nSPS) is 48.8. The first kappa shape index (κ1) is 42.2. The van der Waals surface area contributed by atoms with Gasteiger partial charge < -0.3 is 50.0 Å². The van der Waals surface area contributed by atoms with E-state index in [1.807, 2.05) is 30.3 Å². The summed E-state index contributed by atoms with van der Waals surface area (Å²) in [6, 6.07) is 9.89. The predicted octanol–water partition coefficient (Wildman–Crippen LogP) is 4.84. The summed E-state index contributed by atoms with van der Waals surface area (Å²) in [6.45, 7) is 11.2. The number of allylic oxidation sites excluding steroid dienone is 2. The van der Waals surface area contributed by atoms with Gasteiger partial charge in [-0.25, -0.2) is 0 Å². The average Bonchev–Trinajstić information content (AvgIpc) is 3.18. The number of carbonyl (C=O) groups is 1. The van der Waals surface area contributed by atoms with Crippen LogP contribution in [0.15, 0.2) is 42.0 Å². The van der Waals surface area contributed by atoms with Gasteiger partial charge in [0.2, 0.25) is 0 Å². The third-order valence-electron chi connectivity index (χ3n) is 17.2. The van der Waals surface area contributed by atoms with E-state index in [9.17, 15) is 40.5 Å². The number of hydrogen-bond donors (Lipinski definition) is 7. The van der Waals surface area contributed by atoms with Crippen molar-refractivity contribution in [3.05, 3.63) is 47.5 Å². The lowest BCUT2D eigenvalue weighted by atomic mass is 9.32. The summed E-state index contributed by atoms with van der Waals surface area (Å²) in [5.74, 6) is -0.883. The molecule has 5 aliphatic carbocycles. The third-order valence-corrected chi connectivity index (χ3v) is 17.2. The van der Waals surface area contributed by atoms with Crippen LogP contribution in [-0.4, -0.2) is 105 Å². The van der Waals surface area contributed by atoms with Crippen molar-refractivity contribution < 1.29 is 54.8 Å². The molecule has 56 heavy (non-hydrogen) atoms. The van der Waals surface area contributed by atoms with E-state index in [1.165, 1.54) is 5.57 Å². The molecule has 0 amide bonds. The minimum absolute atomic E-state index is 0.0187. The highest BCUT2D eigenvalue weighted by atomic mass is 16.7. The molecule has 0 bridgehead atoms. The quantitative estimate of drug-likeness (QED) is 0.120. The van der Waals surface area contributed by atoms with Crippen LogP contribution in [0.4, 0.5) is 0 Å². The fourth-order valence-corrected chi connectivity index (χ4v) is 13.9. The zero-order valence-electron chi connectivity index (χ0n) is 34.1. The van der Waals surface area contributed by atoms with Crippen molar-refractivity contribution >= 4 is 5.97 Å². The van der Waals surface area contributed by atoms with Gasteiger partial charge in [-0.1, -0.05) is 76.6 Å². The molecule has 1 aliphatic heterocycles. The van der Waals surface area contributed by atoms with Crippen molar-refractivity contribution in [1.82, 2.24) is 0 Å². The molecule has 314 valence electrons. The maximum absolute atomic E-state index is 13.4. The van der Waals surface area contributed by atoms with E-state index < -0.39 is 59.0 Å². The Labute approximate surface area is 332 Å². The molecular formula is C45H68O11. The predicted molar refractivity (Wildman–Crippen MR) is 208 cm³/mol. The molecule has 0 unspecified atom stereocenters. The third kappa shape index (κ3) is 6.45.